The third kappa shape index (κ3) is 5.93. The van der Waals surface area contributed by atoms with Gasteiger partial charge in [0.05, 0.1) is 30.9 Å². The molecule has 4 rings (SSSR count). The first-order valence-corrected chi connectivity index (χ1v) is 14.1. The van der Waals surface area contributed by atoms with Crippen LogP contribution >= 0.6 is 0 Å². The highest BCUT2D eigenvalue weighted by Crippen LogP contribution is 2.37. The lowest BCUT2D eigenvalue weighted by Gasteiger charge is -2.26. The molecule has 1 atom stereocenters. The number of non-ortho nitro benzene ring substituents is 1. The van der Waals surface area contributed by atoms with Gasteiger partial charge >= 0.3 is 0 Å². The molecule has 1 amide bonds. The maximum atomic E-state index is 13.6. The number of nitrogens with zero attached hydrogens (tertiary/aromatic N) is 4. The van der Waals surface area contributed by atoms with Crippen LogP contribution in [0.2, 0.25) is 0 Å². The molecule has 1 aromatic heterocycles. The van der Waals surface area contributed by atoms with Gasteiger partial charge in [0, 0.05) is 36.8 Å². The smallest absolute Gasteiger partial charge is 0.272 e. The summed E-state index contributed by atoms with van der Waals surface area (Å²) >= 11 is 0. The summed E-state index contributed by atoms with van der Waals surface area (Å²) in [6.07, 6.45) is 0.707. The van der Waals surface area contributed by atoms with E-state index in [2.05, 4.69) is 10.4 Å². The molecule has 0 unspecified atom stereocenters. The van der Waals surface area contributed by atoms with Gasteiger partial charge in [-0.1, -0.05) is 6.92 Å². The number of benzene rings is 2. The first-order chi connectivity index (χ1) is 19.1. The summed E-state index contributed by atoms with van der Waals surface area (Å²) in [6.45, 7) is 6.01. The van der Waals surface area contributed by atoms with Gasteiger partial charge in [0.25, 0.3) is 11.6 Å². The highest BCUT2D eigenvalue weighted by molar-refractivity contribution is 7.89. The minimum atomic E-state index is -4.20. The molecule has 1 aliphatic rings. The fourth-order valence-corrected chi connectivity index (χ4v) is 5.58. The lowest BCUT2D eigenvalue weighted by molar-refractivity contribution is -0.385. The Morgan fingerprint density at radius 3 is 2.48 bits per heavy atom. The highest BCUT2D eigenvalue weighted by Gasteiger charge is 2.33. The summed E-state index contributed by atoms with van der Waals surface area (Å²) in [5.41, 5.74) is 0.546. The Morgan fingerprint density at radius 1 is 1.20 bits per heavy atom. The molecule has 214 valence electrons. The van der Waals surface area contributed by atoms with Crippen molar-refractivity contribution in [2.75, 3.05) is 33.4 Å². The summed E-state index contributed by atoms with van der Waals surface area (Å²) < 4.78 is 46.5. The number of carbonyl (C=O) groups is 1. The van der Waals surface area contributed by atoms with Crippen LogP contribution in [0.1, 0.15) is 36.3 Å². The number of amides is 1. The Kier molecular flexibility index (Phi) is 8.71. The van der Waals surface area contributed by atoms with E-state index in [0.29, 0.717) is 23.4 Å². The summed E-state index contributed by atoms with van der Waals surface area (Å²) in [6, 6.07) is 10.1. The van der Waals surface area contributed by atoms with Crippen LogP contribution in [-0.4, -0.2) is 72.8 Å². The minimum Gasteiger partial charge on any atom is -0.497 e. The average Bonchev–Trinajstić information content (AvgIpc) is 3.29. The molecule has 0 aliphatic carbocycles. The Labute approximate surface area is 231 Å². The van der Waals surface area contributed by atoms with Crippen molar-refractivity contribution in [3.05, 3.63) is 63.8 Å². The van der Waals surface area contributed by atoms with Crippen molar-refractivity contribution >= 4 is 21.6 Å². The monoisotopic (exact) mass is 573 g/mol. The van der Waals surface area contributed by atoms with Crippen molar-refractivity contribution in [2.45, 2.75) is 38.1 Å². The van der Waals surface area contributed by atoms with Crippen LogP contribution in [0.15, 0.2) is 47.4 Å². The molecule has 0 bridgehead atoms. The predicted octanol–water partition coefficient (Wildman–Crippen LogP) is 3.44. The predicted molar refractivity (Wildman–Crippen MR) is 145 cm³/mol. The van der Waals surface area contributed by atoms with Crippen LogP contribution in [0.5, 0.6) is 17.4 Å². The van der Waals surface area contributed by atoms with E-state index >= 15 is 0 Å². The molecule has 1 aliphatic heterocycles. The molecule has 1 saturated heterocycles. The largest absolute Gasteiger partial charge is 0.497 e. The number of hydrogen-bond donors (Lipinski definition) is 1. The molecule has 40 heavy (non-hydrogen) atoms. The molecule has 0 radical (unpaired) electrons. The SMILES string of the molecule is CC[C@H](C)NC(=O)c1nn(-c2ccc(OC)cc2)c(Oc2ccc([N+](=O)[O-])cc2S(=O)(=O)N2CCOCC2)c1C. The van der Waals surface area contributed by atoms with Gasteiger partial charge in [-0.2, -0.15) is 14.1 Å². The standard InChI is InChI=1S/C26H31N5O8S/c1-5-17(2)27-25(32)24-18(3)26(30(28-24)19-6-9-21(37-4)10-7-19)39-22-11-8-20(31(33)34)16-23(22)40(35,36)29-12-14-38-15-13-29/h6-11,16-17H,5,12-15H2,1-4H3,(H,27,32)/t17-/m0/s1. The summed E-state index contributed by atoms with van der Waals surface area (Å²) in [7, 11) is -2.67. The molecule has 1 fully saturated rings. The summed E-state index contributed by atoms with van der Waals surface area (Å²) in [4.78, 5) is 23.6. The van der Waals surface area contributed by atoms with E-state index in [-0.39, 0.29) is 54.6 Å². The quantitative estimate of drug-likeness (QED) is 0.284. The number of methoxy groups -OCH3 is 1. The van der Waals surface area contributed by atoms with E-state index in [4.69, 9.17) is 14.2 Å². The van der Waals surface area contributed by atoms with Gasteiger partial charge in [0.15, 0.2) is 5.69 Å². The van der Waals surface area contributed by atoms with Crippen LogP contribution in [0.3, 0.4) is 0 Å². The lowest BCUT2D eigenvalue weighted by atomic mass is 10.2. The van der Waals surface area contributed by atoms with E-state index in [1.54, 1.807) is 31.2 Å². The summed E-state index contributed by atoms with van der Waals surface area (Å²) in [5, 5.41) is 18.9. The maximum absolute atomic E-state index is 13.6. The van der Waals surface area contributed by atoms with Crippen LogP contribution < -0.4 is 14.8 Å². The van der Waals surface area contributed by atoms with Crippen LogP contribution in [0, 0.1) is 17.0 Å². The Morgan fingerprint density at radius 2 is 1.88 bits per heavy atom. The molecule has 1 N–H and O–H groups in total. The van der Waals surface area contributed by atoms with Gasteiger partial charge in [0.2, 0.25) is 15.9 Å². The fraction of sp³-hybridized carbons (Fsp3) is 0.385. The highest BCUT2D eigenvalue weighted by atomic mass is 32.2. The topological polar surface area (TPSA) is 155 Å². The number of carbonyl (C=O) groups excluding carboxylic acids is 1. The van der Waals surface area contributed by atoms with Crippen molar-refractivity contribution in [3.8, 4) is 23.1 Å². The van der Waals surface area contributed by atoms with Crippen LogP contribution in [0.25, 0.3) is 5.69 Å². The molecule has 13 nitrogen and oxygen atoms in total. The lowest BCUT2D eigenvalue weighted by Crippen LogP contribution is -2.40. The van der Waals surface area contributed by atoms with Crippen LogP contribution in [-0.2, 0) is 14.8 Å². The van der Waals surface area contributed by atoms with E-state index < -0.39 is 26.5 Å². The zero-order chi connectivity index (χ0) is 29.0. The Balaban J connectivity index is 1.85. The van der Waals surface area contributed by atoms with E-state index in [1.165, 1.54) is 22.2 Å². The maximum Gasteiger partial charge on any atom is 0.272 e. The number of hydrogen-bond acceptors (Lipinski definition) is 9. The number of nitrogens with one attached hydrogen (secondary N) is 1. The molecule has 2 heterocycles. The van der Waals surface area contributed by atoms with Gasteiger partial charge in [-0.3, -0.25) is 14.9 Å². The number of nitro groups is 1. The summed E-state index contributed by atoms with van der Waals surface area (Å²) in [5.74, 6) is 0.100. The minimum absolute atomic E-state index is 0.0757. The fourth-order valence-electron chi connectivity index (χ4n) is 4.04. The number of aromatic nitrogens is 2. The second-order valence-electron chi connectivity index (χ2n) is 9.18. The number of ether oxygens (including phenoxy) is 3. The van der Waals surface area contributed by atoms with Crippen molar-refractivity contribution in [1.29, 1.82) is 0 Å². The molecular formula is C26H31N5O8S. The molecule has 0 saturated carbocycles. The average molecular weight is 574 g/mol. The normalized spacial score (nSPS) is 14.9. The van der Waals surface area contributed by atoms with Crippen molar-refractivity contribution in [1.82, 2.24) is 19.4 Å². The van der Waals surface area contributed by atoms with Crippen molar-refractivity contribution in [2.24, 2.45) is 0 Å². The number of nitro benzene ring substituents is 1. The van der Waals surface area contributed by atoms with Gasteiger partial charge in [-0.05, 0) is 50.6 Å². The van der Waals surface area contributed by atoms with Crippen LogP contribution in [0.4, 0.5) is 5.69 Å². The van der Waals surface area contributed by atoms with Gasteiger partial charge in [-0.15, -0.1) is 0 Å². The second-order valence-corrected chi connectivity index (χ2v) is 11.1. The number of rotatable bonds is 10. The third-order valence-electron chi connectivity index (χ3n) is 6.52. The van der Waals surface area contributed by atoms with E-state index in [1.807, 2.05) is 13.8 Å². The second kappa shape index (κ2) is 12.0. The molecule has 3 aromatic rings. The van der Waals surface area contributed by atoms with Gasteiger partial charge in [-0.25, -0.2) is 8.42 Å². The van der Waals surface area contributed by atoms with E-state index in [0.717, 1.165) is 12.1 Å². The molecule has 14 heteroatoms. The zero-order valence-electron chi connectivity index (χ0n) is 22.6. The van der Waals surface area contributed by atoms with Gasteiger partial charge in [0.1, 0.15) is 16.4 Å². The first kappa shape index (κ1) is 29.0. The molecular weight excluding hydrogens is 542 g/mol. The Hall–Kier alpha value is -4.01. The number of morpholine rings is 1. The van der Waals surface area contributed by atoms with E-state index in [9.17, 15) is 23.3 Å². The molecule has 0 spiro atoms. The van der Waals surface area contributed by atoms with Crippen molar-refractivity contribution < 1.29 is 32.3 Å². The first-order valence-electron chi connectivity index (χ1n) is 12.7. The van der Waals surface area contributed by atoms with Crippen molar-refractivity contribution in [3.63, 3.8) is 0 Å². The Bertz CT molecular complexity index is 1500. The molecule has 2 aromatic carbocycles. The number of sulfonamides is 1. The van der Waals surface area contributed by atoms with Gasteiger partial charge < -0.3 is 19.5 Å². The zero-order valence-corrected chi connectivity index (χ0v) is 23.4. The third-order valence-corrected chi connectivity index (χ3v) is 8.44.